The number of allylic oxidation sites excluding steroid dienone is 2. The zero-order chi connectivity index (χ0) is 16.6. The summed E-state index contributed by atoms with van der Waals surface area (Å²) >= 11 is 0. The lowest BCUT2D eigenvalue weighted by atomic mass is 9.82. The molecular formula is C17H18NO5-. The Kier molecular flexibility index (Phi) is 3.98. The number of hydrogen-bond acceptors (Lipinski definition) is 5. The number of methoxy groups -OCH3 is 2. The standard InChI is InChI=1S/C17H19NO5/c1-22-12-6-11(7-13(8-12)23-2)18-16(19)14-9-3-4-10(5-9)15(14)17(20)21/h3-4,6-10,14-15H,5H2,1-2H3,(H,18,19)(H,20,21)/p-1/t9-,10-,14+,15-/m0/s1. The van der Waals surface area contributed by atoms with E-state index < -0.39 is 17.8 Å². The molecule has 0 aromatic heterocycles. The first-order valence-corrected chi connectivity index (χ1v) is 7.46. The lowest BCUT2D eigenvalue weighted by Gasteiger charge is -2.27. The highest BCUT2D eigenvalue weighted by Gasteiger charge is 2.48. The number of benzene rings is 1. The van der Waals surface area contributed by atoms with E-state index in [1.54, 1.807) is 18.2 Å². The zero-order valence-corrected chi connectivity index (χ0v) is 12.9. The SMILES string of the molecule is COc1cc(NC(=O)[C@H]2[C@@H](C(=O)[O-])[C@H]3C=C[C@H]2C3)cc(OC)c1. The normalized spacial score (nSPS) is 27.7. The van der Waals surface area contributed by atoms with Gasteiger partial charge in [-0.2, -0.15) is 0 Å². The van der Waals surface area contributed by atoms with E-state index in [1.807, 2.05) is 12.2 Å². The minimum atomic E-state index is -1.16. The van der Waals surface area contributed by atoms with Crippen molar-refractivity contribution < 1.29 is 24.2 Å². The van der Waals surface area contributed by atoms with E-state index in [0.717, 1.165) is 0 Å². The van der Waals surface area contributed by atoms with Gasteiger partial charge in [-0.25, -0.2) is 0 Å². The van der Waals surface area contributed by atoms with Crippen LogP contribution in [0.3, 0.4) is 0 Å². The van der Waals surface area contributed by atoms with Crippen molar-refractivity contribution in [2.45, 2.75) is 6.42 Å². The van der Waals surface area contributed by atoms with Gasteiger partial charge in [-0.1, -0.05) is 12.2 Å². The van der Waals surface area contributed by atoms with Crippen LogP contribution in [-0.4, -0.2) is 26.1 Å². The topological polar surface area (TPSA) is 87.7 Å². The van der Waals surface area contributed by atoms with Crippen LogP contribution >= 0.6 is 0 Å². The van der Waals surface area contributed by atoms with Crippen LogP contribution in [0.5, 0.6) is 11.5 Å². The summed E-state index contributed by atoms with van der Waals surface area (Å²) in [5.74, 6) is -1.91. The molecule has 1 saturated carbocycles. The van der Waals surface area contributed by atoms with Gasteiger partial charge in [-0.3, -0.25) is 4.79 Å². The molecule has 2 bridgehead atoms. The second kappa shape index (κ2) is 5.95. The van der Waals surface area contributed by atoms with E-state index in [2.05, 4.69) is 5.32 Å². The zero-order valence-electron chi connectivity index (χ0n) is 12.9. The van der Waals surface area contributed by atoms with Gasteiger partial charge < -0.3 is 24.7 Å². The van der Waals surface area contributed by atoms with Crippen LogP contribution in [0.1, 0.15) is 6.42 Å². The fourth-order valence-corrected chi connectivity index (χ4v) is 3.61. The molecule has 2 aliphatic rings. The van der Waals surface area contributed by atoms with Crippen molar-refractivity contribution >= 4 is 17.6 Å². The average molecular weight is 316 g/mol. The molecule has 3 rings (SSSR count). The summed E-state index contributed by atoms with van der Waals surface area (Å²) in [6, 6.07) is 5.02. The average Bonchev–Trinajstić information content (AvgIpc) is 3.15. The first kappa shape index (κ1) is 15.4. The second-order valence-corrected chi connectivity index (χ2v) is 5.91. The van der Waals surface area contributed by atoms with E-state index in [9.17, 15) is 14.7 Å². The fourth-order valence-electron chi connectivity index (χ4n) is 3.61. The van der Waals surface area contributed by atoms with Crippen LogP contribution in [-0.2, 0) is 9.59 Å². The maximum atomic E-state index is 12.6. The molecule has 1 fully saturated rings. The smallest absolute Gasteiger partial charge is 0.228 e. The largest absolute Gasteiger partial charge is 0.550 e. The number of ether oxygens (including phenoxy) is 2. The number of carboxylic acid groups (broad SMARTS) is 1. The number of rotatable bonds is 5. The number of carboxylic acids is 1. The Balaban J connectivity index is 1.82. The van der Waals surface area contributed by atoms with Gasteiger partial charge in [0.15, 0.2) is 0 Å². The van der Waals surface area contributed by atoms with Crippen molar-refractivity contribution in [3.63, 3.8) is 0 Å². The number of carbonyl (C=O) groups excluding carboxylic acids is 2. The molecule has 23 heavy (non-hydrogen) atoms. The maximum Gasteiger partial charge on any atom is 0.228 e. The number of nitrogens with one attached hydrogen (secondary N) is 1. The highest BCUT2D eigenvalue weighted by Crippen LogP contribution is 2.48. The lowest BCUT2D eigenvalue weighted by molar-refractivity contribution is -0.313. The van der Waals surface area contributed by atoms with Gasteiger partial charge in [0.25, 0.3) is 0 Å². The molecule has 1 aromatic rings. The van der Waals surface area contributed by atoms with Crippen LogP contribution in [0.15, 0.2) is 30.4 Å². The molecule has 0 radical (unpaired) electrons. The summed E-state index contributed by atoms with van der Waals surface area (Å²) in [5, 5.41) is 14.2. The molecule has 1 N–H and O–H groups in total. The minimum Gasteiger partial charge on any atom is -0.550 e. The van der Waals surface area contributed by atoms with Gasteiger partial charge in [-0.15, -0.1) is 0 Å². The Hall–Kier alpha value is -2.50. The third-order valence-electron chi connectivity index (χ3n) is 4.65. The van der Waals surface area contributed by atoms with Gasteiger partial charge in [0, 0.05) is 35.8 Å². The van der Waals surface area contributed by atoms with E-state index >= 15 is 0 Å². The quantitative estimate of drug-likeness (QED) is 0.813. The summed E-state index contributed by atoms with van der Waals surface area (Å²) in [5.41, 5.74) is 0.509. The molecule has 4 atom stereocenters. The van der Waals surface area contributed by atoms with Gasteiger partial charge in [-0.05, 0) is 18.3 Å². The molecular weight excluding hydrogens is 298 g/mol. The number of hydrogen-bond donors (Lipinski definition) is 1. The van der Waals surface area contributed by atoms with Gasteiger partial charge in [0.1, 0.15) is 11.5 Å². The Morgan fingerprint density at radius 2 is 1.61 bits per heavy atom. The number of carbonyl (C=O) groups is 2. The minimum absolute atomic E-state index is 0.0459. The van der Waals surface area contributed by atoms with Gasteiger partial charge >= 0.3 is 0 Å². The summed E-state index contributed by atoms with van der Waals surface area (Å²) in [7, 11) is 3.04. The third-order valence-corrected chi connectivity index (χ3v) is 4.65. The van der Waals surface area contributed by atoms with E-state index in [4.69, 9.17) is 9.47 Å². The molecule has 0 spiro atoms. The molecule has 0 unspecified atom stereocenters. The van der Waals surface area contributed by atoms with Crippen molar-refractivity contribution in [2.75, 3.05) is 19.5 Å². The highest BCUT2D eigenvalue weighted by molar-refractivity contribution is 5.96. The first-order chi connectivity index (χ1) is 11.0. The predicted molar refractivity (Wildman–Crippen MR) is 80.9 cm³/mol. The van der Waals surface area contributed by atoms with Gasteiger partial charge in [0.2, 0.25) is 5.91 Å². The Labute approximate surface area is 134 Å². The highest BCUT2D eigenvalue weighted by atomic mass is 16.5. The van der Waals surface area contributed by atoms with Crippen LogP contribution in [0.4, 0.5) is 5.69 Å². The van der Waals surface area contributed by atoms with Crippen LogP contribution in [0.25, 0.3) is 0 Å². The molecule has 1 amide bonds. The Bertz CT molecular complexity index is 647. The van der Waals surface area contributed by atoms with Crippen LogP contribution < -0.4 is 19.9 Å². The summed E-state index contributed by atoms with van der Waals surface area (Å²) in [6.07, 6.45) is 4.50. The van der Waals surface area contributed by atoms with Crippen molar-refractivity contribution in [3.05, 3.63) is 30.4 Å². The fraction of sp³-hybridized carbons (Fsp3) is 0.412. The Morgan fingerprint density at radius 3 is 2.13 bits per heavy atom. The lowest BCUT2D eigenvalue weighted by Crippen LogP contribution is -2.42. The number of amides is 1. The van der Waals surface area contributed by atoms with Crippen molar-refractivity contribution in [3.8, 4) is 11.5 Å². The van der Waals surface area contributed by atoms with Crippen molar-refractivity contribution in [1.29, 1.82) is 0 Å². The van der Waals surface area contributed by atoms with Gasteiger partial charge in [0.05, 0.1) is 20.1 Å². The van der Waals surface area contributed by atoms with Crippen LogP contribution in [0.2, 0.25) is 0 Å². The molecule has 0 saturated heterocycles. The molecule has 6 nitrogen and oxygen atoms in total. The molecule has 0 aliphatic heterocycles. The number of aliphatic carboxylic acids is 1. The molecule has 0 heterocycles. The van der Waals surface area contributed by atoms with E-state index in [-0.39, 0.29) is 17.7 Å². The summed E-state index contributed by atoms with van der Waals surface area (Å²) in [6.45, 7) is 0. The van der Waals surface area contributed by atoms with Crippen LogP contribution in [0, 0.1) is 23.7 Å². The molecule has 6 heteroatoms. The van der Waals surface area contributed by atoms with E-state index in [0.29, 0.717) is 23.6 Å². The molecule has 122 valence electrons. The third kappa shape index (κ3) is 2.76. The van der Waals surface area contributed by atoms with Crippen molar-refractivity contribution in [1.82, 2.24) is 0 Å². The summed E-state index contributed by atoms with van der Waals surface area (Å²) in [4.78, 5) is 24.0. The number of fused-ring (bicyclic) bond motifs is 2. The predicted octanol–water partition coefficient (Wildman–Crippen LogP) is 0.830. The monoisotopic (exact) mass is 316 g/mol. The van der Waals surface area contributed by atoms with E-state index in [1.165, 1.54) is 14.2 Å². The Morgan fingerprint density at radius 1 is 1.04 bits per heavy atom. The molecule has 2 aliphatic carbocycles. The maximum absolute atomic E-state index is 12.6. The molecule has 1 aromatic carbocycles. The number of anilines is 1. The first-order valence-electron chi connectivity index (χ1n) is 7.46. The van der Waals surface area contributed by atoms with Crippen molar-refractivity contribution in [2.24, 2.45) is 23.7 Å². The summed E-state index contributed by atoms with van der Waals surface area (Å²) < 4.78 is 10.3. The second-order valence-electron chi connectivity index (χ2n) is 5.91.